The first-order valence-corrected chi connectivity index (χ1v) is 7.60. The molecule has 2 amide bonds. The SMILES string of the molecule is CCOC(=O)Nc1ccc(NC(C)C(=O)N(CC)CC)cc1. The van der Waals surface area contributed by atoms with Crippen LogP contribution < -0.4 is 10.6 Å². The molecule has 2 N–H and O–H groups in total. The van der Waals surface area contributed by atoms with Crippen molar-refractivity contribution in [3.63, 3.8) is 0 Å². The van der Waals surface area contributed by atoms with Crippen molar-refractivity contribution in [3.8, 4) is 0 Å². The van der Waals surface area contributed by atoms with Crippen LogP contribution in [-0.4, -0.2) is 42.6 Å². The lowest BCUT2D eigenvalue weighted by Crippen LogP contribution is -2.41. The number of amides is 2. The summed E-state index contributed by atoms with van der Waals surface area (Å²) in [5, 5.41) is 5.78. The molecular weight excluding hydrogens is 282 g/mol. The standard InChI is InChI=1S/C16H25N3O3/c1-5-19(6-2)15(20)12(4)17-13-8-10-14(11-9-13)18-16(21)22-7-3/h8-12,17H,5-7H2,1-4H3,(H,18,21). The number of carbonyl (C=O) groups is 2. The number of hydrogen-bond acceptors (Lipinski definition) is 4. The first kappa shape index (κ1) is 17.8. The normalized spacial score (nSPS) is 11.5. The van der Waals surface area contributed by atoms with Crippen molar-refractivity contribution in [3.05, 3.63) is 24.3 Å². The summed E-state index contributed by atoms with van der Waals surface area (Å²) < 4.78 is 4.81. The Bertz CT molecular complexity index is 484. The molecule has 0 saturated heterocycles. The fourth-order valence-electron chi connectivity index (χ4n) is 2.06. The van der Waals surface area contributed by atoms with E-state index in [2.05, 4.69) is 10.6 Å². The number of anilines is 2. The molecule has 0 saturated carbocycles. The molecule has 0 heterocycles. The highest BCUT2D eigenvalue weighted by molar-refractivity contribution is 5.86. The molecule has 0 aliphatic rings. The minimum absolute atomic E-state index is 0.0683. The molecular formula is C16H25N3O3. The van der Waals surface area contributed by atoms with E-state index in [1.807, 2.05) is 32.9 Å². The van der Waals surface area contributed by atoms with Crippen LogP contribution in [0.25, 0.3) is 0 Å². The molecule has 0 spiro atoms. The summed E-state index contributed by atoms with van der Waals surface area (Å²) in [4.78, 5) is 25.3. The molecule has 0 fully saturated rings. The quantitative estimate of drug-likeness (QED) is 0.812. The van der Waals surface area contributed by atoms with Gasteiger partial charge < -0.3 is 15.0 Å². The Kier molecular flexibility index (Phi) is 7.22. The number of likely N-dealkylation sites (N-methyl/N-ethyl adjacent to an activating group) is 1. The van der Waals surface area contributed by atoms with Crippen LogP contribution in [-0.2, 0) is 9.53 Å². The number of ether oxygens (including phenoxy) is 1. The van der Waals surface area contributed by atoms with Crippen LogP contribution in [0.15, 0.2) is 24.3 Å². The van der Waals surface area contributed by atoms with Crippen molar-refractivity contribution in [2.45, 2.75) is 33.7 Å². The molecule has 0 radical (unpaired) electrons. The molecule has 22 heavy (non-hydrogen) atoms. The van der Waals surface area contributed by atoms with Crippen molar-refractivity contribution in [1.82, 2.24) is 4.90 Å². The van der Waals surface area contributed by atoms with Gasteiger partial charge in [-0.25, -0.2) is 4.79 Å². The van der Waals surface area contributed by atoms with Crippen LogP contribution in [0.1, 0.15) is 27.7 Å². The van der Waals surface area contributed by atoms with Gasteiger partial charge in [-0.1, -0.05) is 0 Å². The van der Waals surface area contributed by atoms with E-state index in [-0.39, 0.29) is 11.9 Å². The summed E-state index contributed by atoms with van der Waals surface area (Å²) in [6.07, 6.45) is -0.478. The molecule has 1 rings (SSSR count). The number of hydrogen-bond donors (Lipinski definition) is 2. The zero-order valence-electron chi connectivity index (χ0n) is 13.7. The Balaban J connectivity index is 2.60. The van der Waals surface area contributed by atoms with Gasteiger partial charge in [-0.15, -0.1) is 0 Å². The van der Waals surface area contributed by atoms with E-state index in [1.54, 1.807) is 24.0 Å². The van der Waals surface area contributed by atoms with Crippen molar-refractivity contribution in [2.24, 2.45) is 0 Å². The summed E-state index contributed by atoms with van der Waals surface area (Å²) >= 11 is 0. The topological polar surface area (TPSA) is 70.7 Å². The van der Waals surface area contributed by atoms with E-state index in [0.717, 1.165) is 5.69 Å². The summed E-state index contributed by atoms with van der Waals surface area (Å²) in [6, 6.07) is 6.84. The van der Waals surface area contributed by atoms with E-state index in [0.29, 0.717) is 25.4 Å². The fraction of sp³-hybridized carbons (Fsp3) is 0.500. The third-order valence-corrected chi connectivity index (χ3v) is 3.24. The van der Waals surface area contributed by atoms with Gasteiger partial charge in [0.2, 0.25) is 5.91 Å². The van der Waals surface area contributed by atoms with Crippen molar-refractivity contribution in [2.75, 3.05) is 30.3 Å². The van der Waals surface area contributed by atoms with Crippen LogP contribution in [0, 0.1) is 0 Å². The zero-order valence-corrected chi connectivity index (χ0v) is 13.7. The Morgan fingerprint density at radius 1 is 1.09 bits per heavy atom. The monoisotopic (exact) mass is 307 g/mol. The first-order valence-electron chi connectivity index (χ1n) is 7.60. The molecule has 1 unspecified atom stereocenters. The van der Waals surface area contributed by atoms with Crippen LogP contribution in [0.4, 0.5) is 16.2 Å². The molecule has 0 aromatic heterocycles. The average Bonchev–Trinajstić information content (AvgIpc) is 2.50. The Hall–Kier alpha value is -2.24. The lowest BCUT2D eigenvalue weighted by Gasteiger charge is -2.24. The predicted molar refractivity (Wildman–Crippen MR) is 88.1 cm³/mol. The van der Waals surface area contributed by atoms with Gasteiger partial charge in [0.15, 0.2) is 0 Å². The summed E-state index contributed by atoms with van der Waals surface area (Å²) in [5.41, 5.74) is 1.47. The van der Waals surface area contributed by atoms with Gasteiger partial charge in [0.05, 0.1) is 6.61 Å². The second-order valence-corrected chi connectivity index (χ2v) is 4.80. The van der Waals surface area contributed by atoms with Gasteiger partial charge in [-0.3, -0.25) is 10.1 Å². The highest BCUT2D eigenvalue weighted by atomic mass is 16.5. The van der Waals surface area contributed by atoms with E-state index >= 15 is 0 Å². The minimum atomic E-state index is -0.478. The van der Waals surface area contributed by atoms with Crippen LogP contribution in [0.3, 0.4) is 0 Å². The molecule has 122 valence electrons. The zero-order chi connectivity index (χ0) is 16.5. The largest absolute Gasteiger partial charge is 0.450 e. The smallest absolute Gasteiger partial charge is 0.411 e. The molecule has 1 atom stereocenters. The number of benzene rings is 1. The Morgan fingerprint density at radius 3 is 2.14 bits per heavy atom. The van der Waals surface area contributed by atoms with E-state index < -0.39 is 6.09 Å². The predicted octanol–water partition coefficient (Wildman–Crippen LogP) is 2.92. The van der Waals surface area contributed by atoms with Gasteiger partial charge in [0.25, 0.3) is 0 Å². The lowest BCUT2D eigenvalue weighted by atomic mass is 10.2. The average molecular weight is 307 g/mol. The maximum absolute atomic E-state index is 12.2. The third kappa shape index (κ3) is 5.27. The van der Waals surface area contributed by atoms with Crippen LogP contribution in [0.5, 0.6) is 0 Å². The van der Waals surface area contributed by atoms with Gasteiger partial charge in [-0.2, -0.15) is 0 Å². The molecule has 0 aliphatic heterocycles. The van der Waals surface area contributed by atoms with E-state index in [4.69, 9.17) is 4.74 Å². The molecule has 1 aromatic rings. The highest BCUT2D eigenvalue weighted by Gasteiger charge is 2.17. The van der Waals surface area contributed by atoms with Crippen molar-refractivity contribution >= 4 is 23.4 Å². The second kappa shape index (κ2) is 8.92. The summed E-state index contributed by atoms with van der Waals surface area (Å²) in [7, 11) is 0. The fourth-order valence-corrected chi connectivity index (χ4v) is 2.06. The Labute approximate surface area is 131 Å². The van der Waals surface area contributed by atoms with Crippen molar-refractivity contribution < 1.29 is 14.3 Å². The molecule has 0 aliphatic carbocycles. The third-order valence-electron chi connectivity index (χ3n) is 3.24. The van der Waals surface area contributed by atoms with Gasteiger partial charge in [-0.05, 0) is 52.0 Å². The Morgan fingerprint density at radius 2 is 1.64 bits per heavy atom. The molecule has 6 heteroatoms. The molecule has 1 aromatic carbocycles. The number of nitrogens with one attached hydrogen (secondary N) is 2. The number of nitrogens with zero attached hydrogens (tertiary/aromatic N) is 1. The van der Waals surface area contributed by atoms with Gasteiger partial charge in [0, 0.05) is 24.5 Å². The van der Waals surface area contributed by atoms with E-state index in [1.165, 1.54) is 0 Å². The van der Waals surface area contributed by atoms with Crippen LogP contribution in [0.2, 0.25) is 0 Å². The maximum atomic E-state index is 12.2. The number of carbonyl (C=O) groups excluding carboxylic acids is 2. The van der Waals surface area contributed by atoms with Crippen LogP contribution >= 0.6 is 0 Å². The van der Waals surface area contributed by atoms with Gasteiger partial charge in [0.1, 0.15) is 6.04 Å². The minimum Gasteiger partial charge on any atom is -0.450 e. The highest BCUT2D eigenvalue weighted by Crippen LogP contribution is 2.15. The summed E-state index contributed by atoms with van der Waals surface area (Å²) in [5.74, 6) is 0.0683. The van der Waals surface area contributed by atoms with Crippen molar-refractivity contribution in [1.29, 1.82) is 0 Å². The maximum Gasteiger partial charge on any atom is 0.411 e. The second-order valence-electron chi connectivity index (χ2n) is 4.80. The molecule has 6 nitrogen and oxygen atoms in total. The van der Waals surface area contributed by atoms with Gasteiger partial charge >= 0.3 is 6.09 Å². The van der Waals surface area contributed by atoms with E-state index in [9.17, 15) is 9.59 Å². The summed E-state index contributed by atoms with van der Waals surface area (Å²) in [6.45, 7) is 9.24. The lowest BCUT2D eigenvalue weighted by molar-refractivity contribution is -0.131. The molecule has 0 bridgehead atoms. The number of rotatable bonds is 7. The first-order chi connectivity index (χ1) is 10.5.